The lowest BCUT2D eigenvalue weighted by molar-refractivity contribution is -0.166. The van der Waals surface area contributed by atoms with Crippen molar-refractivity contribution in [2.24, 2.45) is 5.73 Å². The number of esters is 1. The second-order valence-corrected chi connectivity index (χ2v) is 11.9. The smallest absolute Gasteiger partial charge is 0.333 e. The Morgan fingerprint density at radius 3 is 2.71 bits per heavy atom. The molecule has 4 aromatic rings. The lowest BCUT2D eigenvalue weighted by Gasteiger charge is -2.37. The van der Waals surface area contributed by atoms with Gasteiger partial charge in [-0.3, -0.25) is 4.79 Å². The maximum absolute atomic E-state index is 13.8. The standard InChI is InChI=1S/C28H31Cl2N7O4/c1-27(2,3)41-26(40)28(13-31)7-4-8-37(28)25(39)16-11-20-17(10-18(16)30)23(33-14-32-20)36-22(12-38)24-34-19-6-5-15(29)9-21(19)35-24/h5-6,9-11,14,22,38H,4,7-8,12-13,31H2,1-3H3,(H,34,35)(H,32,33,36)/t22-,28-/m1/s1. The first-order valence-electron chi connectivity index (χ1n) is 13.2. The molecule has 1 amide bonds. The highest BCUT2D eigenvalue weighted by Gasteiger charge is 2.51. The maximum Gasteiger partial charge on any atom is 0.333 e. The molecule has 2 atom stereocenters. The van der Waals surface area contributed by atoms with Gasteiger partial charge in [-0.2, -0.15) is 0 Å². The molecule has 216 valence electrons. The molecule has 41 heavy (non-hydrogen) atoms. The highest BCUT2D eigenvalue weighted by Crippen LogP contribution is 2.36. The molecule has 13 heteroatoms. The Morgan fingerprint density at radius 2 is 2.00 bits per heavy atom. The molecule has 0 radical (unpaired) electrons. The van der Waals surface area contributed by atoms with Crippen LogP contribution >= 0.6 is 23.2 Å². The molecule has 2 aromatic heterocycles. The molecule has 1 aliphatic heterocycles. The van der Waals surface area contributed by atoms with Crippen molar-refractivity contribution < 1.29 is 19.4 Å². The molecule has 5 rings (SSSR count). The summed E-state index contributed by atoms with van der Waals surface area (Å²) in [5.41, 5.74) is 6.12. The number of rotatable bonds is 7. The van der Waals surface area contributed by atoms with Crippen molar-refractivity contribution in [3.8, 4) is 0 Å². The van der Waals surface area contributed by atoms with E-state index in [9.17, 15) is 14.7 Å². The number of amides is 1. The number of nitrogens with two attached hydrogens (primary N) is 1. The largest absolute Gasteiger partial charge is 0.458 e. The number of carbonyl (C=O) groups is 2. The van der Waals surface area contributed by atoms with Gasteiger partial charge >= 0.3 is 5.97 Å². The van der Waals surface area contributed by atoms with Crippen LogP contribution in [0.15, 0.2) is 36.7 Å². The topological polar surface area (TPSA) is 159 Å². The number of anilines is 1. The van der Waals surface area contributed by atoms with Crippen molar-refractivity contribution >= 4 is 62.8 Å². The molecule has 0 aliphatic carbocycles. The summed E-state index contributed by atoms with van der Waals surface area (Å²) in [5, 5.41) is 14.6. The van der Waals surface area contributed by atoms with Crippen LogP contribution in [0.25, 0.3) is 21.9 Å². The van der Waals surface area contributed by atoms with Gasteiger partial charge in [-0.05, 0) is 63.9 Å². The Bertz CT molecular complexity index is 1640. The van der Waals surface area contributed by atoms with Crippen LogP contribution in [0.3, 0.4) is 0 Å². The summed E-state index contributed by atoms with van der Waals surface area (Å²) in [6.45, 7) is 5.28. The first-order chi connectivity index (χ1) is 19.5. The Balaban J connectivity index is 1.46. The van der Waals surface area contributed by atoms with Crippen LogP contribution in [-0.2, 0) is 9.53 Å². The summed E-state index contributed by atoms with van der Waals surface area (Å²) in [7, 11) is 0. The number of hydrogen-bond acceptors (Lipinski definition) is 9. The van der Waals surface area contributed by atoms with Gasteiger partial charge in [0.15, 0.2) is 5.54 Å². The van der Waals surface area contributed by atoms with Crippen LogP contribution in [0.5, 0.6) is 0 Å². The fraction of sp³-hybridized carbons (Fsp3) is 0.393. The molecule has 0 saturated carbocycles. The van der Waals surface area contributed by atoms with Crippen molar-refractivity contribution in [2.45, 2.75) is 50.8 Å². The molecular formula is C28H31Cl2N7O4. The summed E-state index contributed by atoms with van der Waals surface area (Å²) >= 11 is 12.8. The number of nitrogens with one attached hydrogen (secondary N) is 2. The Morgan fingerprint density at radius 1 is 1.22 bits per heavy atom. The van der Waals surface area contributed by atoms with Crippen LogP contribution in [0.2, 0.25) is 10.0 Å². The van der Waals surface area contributed by atoms with Crippen molar-refractivity contribution in [1.29, 1.82) is 0 Å². The Labute approximate surface area is 246 Å². The Kier molecular flexibility index (Phi) is 7.82. The zero-order chi connectivity index (χ0) is 29.5. The molecule has 2 aromatic carbocycles. The number of aliphatic hydroxyl groups excluding tert-OH is 1. The van der Waals surface area contributed by atoms with Gasteiger partial charge in [0.1, 0.15) is 29.6 Å². The second-order valence-electron chi connectivity index (χ2n) is 11.0. The van der Waals surface area contributed by atoms with Gasteiger partial charge in [-0.25, -0.2) is 19.7 Å². The average Bonchev–Trinajstić information content (AvgIpc) is 3.55. The SMILES string of the molecule is CC(C)(C)OC(=O)[C@]1(CN)CCCN1C(=O)c1cc2ncnc(N[C@H](CO)c3nc4ccc(Cl)cc4[nH]3)c2cc1Cl. The molecule has 1 saturated heterocycles. The van der Waals surface area contributed by atoms with E-state index in [-0.39, 0.29) is 23.7 Å². The van der Waals surface area contributed by atoms with Gasteiger partial charge in [0, 0.05) is 23.5 Å². The average molecular weight is 601 g/mol. The zero-order valence-corrected chi connectivity index (χ0v) is 24.4. The third kappa shape index (κ3) is 5.54. The van der Waals surface area contributed by atoms with E-state index in [0.717, 1.165) is 5.52 Å². The highest BCUT2D eigenvalue weighted by molar-refractivity contribution is 6.35. The monoisotopic (exact) mass is 599 g/mol. The molecular weight excluding hydrogens is 569 g/mol. The van der Waals surface area contributed by atoms with Gasteiger partial charge in [0.25, 0.3) is 5.91 Å². The number of aliphatic hydroxyl groups is 1. The summed E-state index contributed by atoms with van der Waals surface area (Å²) in [5.74, 6) is -0.0941. The minimum Gasteiger partial charge on any atom is -0.458 e. The number of aromatic amines is 1. The Hall–Kier alpha value is -3.51. The van der Waals surface area contributed by atoms with Crippen LogP contribution in [-0.4, -0.2) is 72.7 Å². The zero-order valence-electron chi connectivity index (χ0n) is 22.9. The molecule has 0 spiro atoms. The van der Waals surface area contributed by atoms with Crippen LogP contribution < -0.4 is 11.1 Å². The first-order valence-corrected chi connectivity index (χ1v) is 13.9. The van der Waals surface area contributed by atoms with Gasteiger partial charge in [-0.1, -0.05) is 23.2 Å². The molecule has 5 N–H and O–H groups in total. The third-order valence-corrected chi connectivity index (χ3v) is 7.64. The number of halogens is 2. The van der Waals surface area contributed by atoms with Crippen molar-refractivity contribution in [3.63, 3.8) is 0 Å². The van der Waals surface area contributed by atoms with E-state index in [2.05, 4.69) is 25.3 Å². The van der Waals surface area contributed by atoms with E-state index in [1.165, 1.54) is 11.2 Å². The lowest BCUT2D eigenvalue weighted by atomic mass is 9.95. The fourth-order valence-corrected chi connectivity index (χ4v) is 5.51. The molecule has 1 aliphatic rings. The van der Waals surface area contributed by atoms with Crippen molar-refractivity contribution in [1.82, 2.24) is 24.8 Å². The molecule has 3 heterocycles. The predicted octanol–water partition coefficient (Wildman–Crippen LogP) is 4.23. The number of nitrogens with zero attached hydrogens (tertiary/aromatic N) is 4. The van der Waals surface area contributed by atoms with E-state index >= 15 is 0 Å². The third-order valence-electron chi connectivity index (χ3n) is 7.09. The van der Waals surface area contributed by atoms with E-state index in [1.807, 2.05) is 0 Å². The van der Waals surface area contributed by atoms with E-state index in [4.69, 9.17) is 33.7 Å². The summed E-state index contributed by atoms with van der Waals surface area (Å²) in [4.78, 5) is 44.9. The quantitative estimate of drug-likeness (QED) is 0.228. The van der Waals surface area contributed by atoms with E-state index in [1.54, 1.807) is 51.1 Å². The number of benzene rings is 2. The van der Waals surface area contributed by atoms with E-state index in [0.29, 0.717) is 52.5 Å². The number of aromatic nitrogens is 4. The first kappa shape index (κ1) is 29.0. The van der Waals surface area contributed by atoms with Crippen molar-refractivity contribution in [3.05, 3.63) is 58.1 Å². The van der Waals surface area contributed by atoms with Crippen molar-refractivity contribution in [2.75, 3.05) is 25.0 Å². The number of ether oxygens (including phenoxy) is 1. The van der Waals surface area contributed by atoms with E-state index < -0.39 is 29.1 Å². The summed E-state index contributed by atoms with van der Waals surface area (Å²) in [6, 6.07) is 7.80. The van der Waals surface area contributed by atoms with Gasteiger partial charge in [-0.15, -0.1) is 0 Å². The second kappa shape index (κ2) is 11.1. The normalized spacial score (nSPS) is 18.2. The van der Waals surface area contributed by atoms with Gasteiger partial charge in [0.2, 0.25) is 0 Å². The van der Waals surface area contributed by atoms with Gasteiger partial charge < -0.3 is 30.8 Å². The van der Waals surface area contributed by atoms with Crippen LogP contribution in [0, 0.1) is 0 Å². The molecule has 0 bridgehead atoms. The number of fused-ring (bicyclic) bond motifs is 2. The van der Waals surface area contributed by atoms with Crippen LogP contribution in [0.4, 0.5) is 5.82 Å². The number of likely N-dealkylation sites (tertiary alicyclic amines) is 1. The molecule has 0 unspecified atom stereocenters. The molecule has 1 fully saturated rings. The summed E-state index contributed by atoms with van der Waals surface area (Å²) in [6.07, 6.45) is 2.34. The number of hydrogen-bond donors (Lipinski definition) is 4. The number of imidazole rings is 1. The lowest BCUT2D eigenvalue weighted by Crippen LogP contribution is -2.59. The fourth-order valence-electron chi connectivity index (χ4n) is 5.09. The maximum atomic E-state index is 13.8. The summed E-state index contributed by atoms with van der Waals surface area (Å²) < 4.78 is 5.65. The number of carbonyl (C=O) groups excluding carboxylic acids is 2. The minimum atomic E-state index is -1.29. The number of H-pyrrole nitrogens is 1. The minimum absolute atomic E-state index is 0.0777. The molecule has 11 nitrogen and oxygen atoms in total. The predicted molar refractivity (Wildman–Crippen MR) is 157 cm³/mol. The van der Waals surface area contributed by atoms with Gasteiger partial charge in [0.05, 0.1) is 33.7 Å². The highest BCUT2D eigenvalue weighted by atomic mass is 35.5. The van der Waals surface area contributed by atoms with Crippen LogP contribution in [0.1, 0.15) is 55.8 Å².